The van der Waals surface area contributed by atoms with Crippen molar-refractivity contribution in [1.29, 1.82) is 0 Å². The summed E-state index contributed by atoms with van der Waals surface area (Å²) in [6.45, 7) is 3.39. The van der Waals surface area contributed by atoms with Gasteiger partial charge in [0.05, 0.1) is 32.9 Å². The summed E-state index contributed by atoms with van der Waals surface area (Å²) in [6, 6.07) is 4.79. The molecule has 1 N–H and O–H groups in total. The van der Waals surface area contributed by atoms with Crippen LogP contribution in [0, 0.1) is 25.5 Å². The summed E-state index contributed by atoms with van der Waals surface area (Å²) >= 11 is 1.14. The molecule has 1 unspecified atom stereocenters. The molecule has 3 heterocycles. The zero-order valence-electron chi connectivity index (χ0n) is 15.9. The minimum atomic E-state index is -1.14. The highest BCUT2D eigenvalue weighted by Crippen LogP contribution is 2.43. The van der Waals surface area contributed by atoms with E-state index in [2.05, 4.69) is 9.97 Å². The first-order valence-electron chi connectivity index (χ1n) is 8.90. The molecule has 6 nitrogen and oxygen atoms in total. The Bertz CT molecular complexity index is 1210. The molecule has 1 aliphatic heterocycles. The summed E-state index contributed by atoms with van der Waals surface area (Å²) in [5.41, 5.74) is 0.387. The van der Waals surface area contributed by atoms with Crippen LogP contribution in [-0.4, -0.2) is 26.8 Å². The maximum absolute atomic E-state index is 14.6. The van der Waals surface area contributed by atoms with E-state index in [4.69, 9.17) is 0 Å². The first-order chi connectivity index (χ1) is 14.3. The lowest BCUT2D eigenvalue weighted by Gasteiger charge is -2.26. The molecule has 9 heteroatoms. The van der Waals surface area contributed by atoms with Crippen LogP contribution in [0.3, 0.4) is 0 Å². The Morgan fingerprint density at radius 2 is 2.00 bits per heavy atom. The van der Waals surface area contributed by atoms with Gasteiger partial charge in [0.25, 0.3) is 5.91 Å². The Kier molecular flexibility index (Phi) is 4.90. The molecule has 0 aliphatic carbocycles. The Morgan fingerprint density at radius 1 is 1.23 bits per heavy atom. The van der Waals surface area contributed by atoms with Crippen molar-refractivity contribution in [2.75, 3.05) is 4.90 Å². The Morgan fingerprint density at radius 3 is 2.60 bits per heavy atom. The van der Waals surface area contributed by atoms with Gasteiger partial charge in [-0.2, -0.15) is 0 Å². The zero-order valence-corrected chi connectivity index (χ0v) is 16.7. The van der Waals surface area contributed by atoms with Gasteiger partial charge in [-0.15, -0.1) is 11.3 Å². The fraction of sp³-hybridized carbons (Fsp3) is 0.143. The van der Waals surface area contributed by atoms with E-state index < -0.39 is 35.1 Å². The van der Waals surface area contributed by atoms with Gasteiger partial charge in [-0.05, 0) is 37.6 Å². The lowest BCUT2D eigenvalue weighted by atomic mass is 9.96. The average Bonchev–Trinajstić information content (AvgIpc) is 3.18. The predicted molar refractivity (Wildman–Crippen MR) is 106 cm³/mol. The summed E-state index contributed by atoms with van der Waals surface area (Å²) in [4.78, 5) is 35.7. The van der Waals surface area contributed by atoms with Crippen molar-refractivity contribution in [2.45, 2.75) is 19.9 Å². The highest BCUT2D eigenvalue weighted by molar-refractivity contribution is 7.14. The number of halogens is 2. The van der Waals surface area contributed by atoms with Gasteiger partial charge in [-0.25, -0.2) is 13.8 Å². The third-order valence-electron chi connectivity index (χ3n) is 4.73. The van der Waals surface area contributed by atoms with Gasteiger partial charge in [-0.1, -0.05) is 6.07 Å². The molecule has 0 saturated heterocycles. The maximum Gasteiger partial charge on any atom is 0.294 e. The third-order valence-corrected chi connectivity index (χ3v) is 5.80. The first-order valence-corrected chi connectivity index (χ1v) is 9.71. The molecule has 3 aromatic rings. The molecular weight excluding hydrogens is 412 g/mol. The van der Waals surface area contributed by atoms with Crippen molar-refractivity contribution < 1.29 is 23.5 Å². The van der Waals surface area contributed by atoms with E-state index in [-0.39, 0.29) is 16.1 Å². The van der Waals surface area contributed by atoms with Crippen LogP contribution in [0.1, 0.15) is 32.0 Å². The highest BCUT2D eigenvalue weighted by Gasteiger charge is 2.46. The fourth-order valence-electron chi connectivity index (χ4n) is 3.48. The minimum Gasteiger partial charge on any atom is -0.503 e. The molecule has 1 amide bonds. The molecule has 4 rings (SSSR count). The van der Waals surface area contributed by atoms with Crippen LogP contribution >= 0.6 is 11.3 Å². The molecule has 1 aromatic carbocycles. The van der Waals surface area contributed by atoms with Crippen molar-refractivity contribution >= 4 is 28.7 Å². The van der Waals surface area contributed by atoms with Crippen LogP contribution in [0.15, 0.2) is 54.1 Å². The minimum absolute atomic E-state index is 0.205. The second-order valence-electron chi connectivity index (χ2n) is 6.70. The monoisotopic (exact) mass is 427 g/mol. The number of pyridine rings is 1. The highest BCUT2D eigenvalue weighted by atomic mass is 32.1. The Labute approximate surface area is 174 Å². The van der Waals surface area contributed by atoms with E-state index in [1.54, 1.807) is 26.0 Å². The second-order valence-corrected chi connectivity index (χ2v) is 7.90. The molecular formula is C21H15F2N3O3S. The van der Waals surface area contributed by atoms with Crippen molar-refractivity contribution in [3.8, 4) is 0 Å². The van der Waals surface area contributed by atoms with E-state index in [1.807, 2.05) is 0 Å². The van der Waals surface area contributed by atoms with Crippen LogP contribution in [0.5, 0.6) is 0 Å². The number of carbonyl (C=O) groups is 2. The number of ketones is 1. The van der Waals surface area contributed by atoms with E-state index in [9.17, 15) is 23.5 Å². The number of carbonyl (C=O) groups excluding carboxylic acids is 2. The maximum atomic E-state index is 14.6. The lowest BCUT2D eigenvalue weighted by molar-refractivity contribution is -0.117. The summed E-state index contributed by atoms with van der Waals surface area (Å²) in [6.07, 6.45) is 2.92. The molecule has 0 bridgehead atoms. The smallest absolute Gasteiger partial charge is 0.294 e. The van der Waals surface area contributed by atoms with Crippen LogP contribution in [0.4, 0.5) is 14.5 Å². The van der Waals surface area contributed by atoms with Gasteiger partial charge in [0, 0.05) is 18.5 Å². The summed E-state index contributed by atoms with van der Waals surface area (Å²) in [5.74, 6) is -4.14. The molecule has 1 aliphatic rings. The molecule has 0 fully saturated rings. The molecule has 0 saturated carbocycles. The Hall–Kier alpha value is -3.46. The second kappa shape index (κ2) is 7.42. The number of aryl methyl sites for hydroxylation is 2. The van der Waals surface area contributed by atoms with E-state index in [1.165, 1.54) is 12.4 Å². The van der Waals surface area contributed by atoms with Crippen LogP contribution in [0.25, 0.3) is 0 Å². The van der Waals surface area contributed by atoms with Crippen LogP contribution < -0.4 is 4.90 Å². The van der Waals surface area contributed by atoms with Gasteiger partial charge in [0.2, 0.25) is 5.78 Å². The standard InChI is InChI=1S/C21H15F2N3O3S/c1-10-20(30-11(2)25-10)18(27)16-17(12-4-3-7-24-9-12)26(21(29)19(16)28)15-6-5-13(22)8-14(15)23/h3-9,17,28H,1-2H3. The number of hydrogen-bond donors (Lipinski definition) is 1. The summed E-state index contributed by atoms with van der Waals surface area (Å²) < 4.78 is 28.0. The van der Waals surface area contributed by atoms with Crippen LogP contribution in [-0.2, 0) is 4.79 Å². The summed E-state index contributed by atoms with van der Waals surface area (Å²) in [5, 5.41) is 11.3. The third kappa shape index (κ3) is 3.17. The number of aliphatic hydroxyl groups excluding tert-OH is 1. The molecule has 152 valence electrons. The number of aliphatic hydroxyl groups is 1. The molecule has 0 spiro atoms. The quantitative estimate of drug-likeness (QED) is 0.631. The molecule has 0 radical (unpaired) electrons. The summed E-state index contributed by atoms with van der Waals surface area (Å²) in [7, 11) is 0. The van der Waals surface area contributed by atoms with Gasteiger partial charge >= 0.3 is 0 Å². The normalized spacial score (nSPS) is 16.5. The average molecular weight is 427 g/mol. The lowest BCUT2D eigenvalue weighted by Crippen LogP contribution is -2.32. The number of anilines is 1. The van der Waals surface area contributed by atoms with Crippen LogP contribution in [0.2, 0.25) is 0 Å². The number of nitrogens with zero attached hydrogens (tertiary/aromatic N) is 3. The first kappa shape index (κ1) is 19.8. The molecule has 1 atom stereocenters. The van der Waals surface area contributed by atoms with Crippen molar-refractivity contribution in [3.05, 3.63) is 86.8 Å². The van der Waals surface area contributed by atoms with Crippen molar-refractivity contribution in [3.63, 3.8) is 0 Å². The largest absolute Gasteiger partial charge is 0.503 e. The van der Waals surface area contributed by atoms with E-state index in [0.29, 0.717) is 22.3 Å². The number of aromatic nitrogens is 2. The van der Waals surface area contributed by atoms with Gasteiger partial charge < -0.3 is 5.11 Å². The van der Waals surface area contributed by atoms with Gasteiger partial charge in [-0.3, -0.25) is 19.5 Å². The molecule has 2 aromatic heterocycles. The number of hydrogen-bond acceptors (Lipinski definition) is 6. The zero-order chi connectivity index (χ0) is 21.6. The number of Topliss-reactive ketones (excluding diaryl/α,β-unsaturated/α-hetero) is 1. The number of amides is 1. The molecule has 30 heavy (non-hydrogen) atoms. The fourth-order valence-corrected chi connectivity index (χ4v) is 4.35. The predicted octanol–water partition coefficient (Wildman–Crippen LogP) is 4.22. The van der Waals surface area contributed by atoms with Gasteiger partial charge in [0.15, 0.2) is 5.76 Å². The number of benzene rings is 1. The van der Waals surface area contributed by atoms with E-state index in [0.717, 1.165) is 28.4 Å². The van der Waals surface area contributed by atoms with Crippen molar-refractivity contribution in [2.24, 2.45) is 0 Å². The number of thiazole rings is 1. The Balaban J connectivity index is 1.91. The number of rotatable bonds is 4. The SMILES string of the molecule is Cc1nc(C)c(C(=O)C2=C(O)C(=O)N(c3ccc(F)cc3F)C2c2cccnc2)s1. The van der Waals surface area contributed by atoms with E-state index >= 15 is 0 Å². The van der Waals surface area contributed by atoms with Gasteiger partial charge in [0.1, 0.15) is 11.6 Å². The topological polar surface area (TPSA) is 83.4 Å². The van der Waals surface area contributed by atoms with Crippen molar-refractivity contribution in [1.82, 2.24) is 9.97 Å².